The van der Waals surface area contributed by atoms with Crippen molar-refractivity contribution >= 4 is 8.09 Å². The summed E-state index contributed by atoms with van der Waals surface area (Å²) in [4.78, 5) is 16.8. The fourth-order valence-corrected chi connectivity index (χ4v) is 0.931. The third-order valence-corrected chi connectivity index (χ3v) is 1.10. The molecule has 0 bridgehead atoms. The Balaban J connectivity index is 3.39. The number of hydrogen-bond donors (Lipinski definition) is 3. The summed E-state index contributed by atoms with van der Waals surface area (Å²) in [6.45, 7) is 3.35. The van der Waals surface area contributed by atoms with Crippen LogP contribution in [0.3, 0.4) is 0 Å². The van der Waals surface area contributed by atoms with Crippen LogP contribution < -0.4 is 5.50 Å². The van der Waals surface area contributed by atoms with Crippen LogP contribution in [0.25, 0.3) is 0 Å². The zero-order valence-electron chi connectivity index (χ0n) is 4.90. The van der Waals surface area contributed by atoms with Gasteiger partial charge in [0.25, 0.3) is 0 Å². The zero-order chi connectivity index (χ0) is 6.78. The molecule has 0 spiro atoms. The number of nitrogens with two attached hydrogens (primary N) is 1. The van der Waals surface area contributed by atoms with Crippen molar-refractivity contribution in [3.8, 4) is 0 Å². The van der Waals surface area contributed by atoms with Gasteiger partial charge in [-0.25, -0.2) is 0 Å². The van der Waals surface area contributed by atoms with Gasteiger partial charge in [0.1, 0.15) is 6.10 Å². The molecule has 8 heavy (non-hydrogen) atoms. The van der Waals surface area contributed by atoms with Crippen LogP contribution in [-0.4, -0.2) is 15.9 Å². The van der Waals surface area contributed by atoms with Crippen molar-refractivity contribution in [3.63, 3.8) is 0 Å². The molecular weight excluding hydrogens is 129 g/mol. The quantitative estimate of drug-likeness (QED) is 0.473. The molecule has 4 N–H and O–H groups in total. The zero-order valence-corrected chi connectivity index (χ0v) is 5.80. The highest BCUT2D eigenvalue weighted by molar-refractivity contribution is 7.57. The van der Waals surface area contributed by atoms with E-state index in [0.29, 0.717) is 0 Å². The molecule has 0 unspecified atom stereocenters. The van der Waals surface area contributed by atoms with Gasteiger partial charge in [0, 0.05) is 0 Å². The largest absolute Gasteiger partial charge is 0.493 e. The summed E-state index contributed by atoms with van der Waals surface area (Å²) in [6.07, 6.45) is -0.233. The maximum absolute atomic E-state index is 8.41. The lowest BCUT2D eigenvalue weighted by molar-refractivity contribution is 0.180. The van der Waals surface area contributed by atoms with E-state index in [0.717, 1.165) is 0 Å². The predicted molar refractivity (Wildman–Crippen MR) is 31.8 cm³/mol. The summed E-state index contributed by atoms with van der Waals surface area (Å²) in [5.74, 6) is 0. The lowest BCUT2D eigenvalue weighted by Gasteiger charge is -2.05. The second-order valence-corrected chi connectivity index (χ2v) is 3.13. The Kier molecular flexibility index (Phi) is 2.80. The molecule has 0 radical (unpaired) electrons. The molecule has 0 fully saturated rings. The molecule has 0 saturated heterocycles. The summed E-state index contributed by atoms with van der Waals surface area (Å²) >= 11 is 0. The summed E-state index contributed by atoms with van der Waals surface area (Å²) in [5.41, 5.74) is 4.74. The van der Waals surface area contributed by atoms with Gasteiger partial charge in [-0.15, -0.1) is 5.50 Å². The molecule has 0 amide bonds. The molecule has 0 saturated carbocycles. The van der Waals surface area contributed by atoms with E-state index in [2.05, 4.69) is 4.52 Å². The van der Waals surface area contributed by atoms with Crippen LogP contribution in [0.2, 0.25) is 0 Å². The summed E-state index contributed by atoms with van der Waals surface area (Å²) in [5, 5.41) is 0. The molecule has 0 atom stereocenters. The highest BCUT2D eigenvalue weighted by Crippen LogP contribution is 2.42. The SMILES string of the molecule is CC(C)O[P+](N)(O)O. The van der Waals surface area contributed by atoms with Crippen molar-refractivity contribution in [2.45, 2.75) is 20.0 Å². The maximum Gasteiger partial charge on any atom is 0.493 e. The van der Waals surface area contributed by atoms with Gasteiger partial charge in [0.2, 0.25) is 0 Å². The molecule has 0 aliphatic heterocycles. The highest BCUT2D eigenvalue weighted by Gasteiger charge is 2.30. The van der Waals surface area contributed by atoms with Crippen molar-refractivity contribution in [2.24, 2.45) is 5.50 Å². The van der Waals surface area contributed by atoms with Crippen molar-refractivity contribution in [2.75, 3.05) is 0 Å². The maximum atomic E-state index is 8.41. The minimum atomic E-state index is -3.47. The van der Waals surface area contributed by atoms with Crippen molar-refractivity contribution in [3.05, 3.63) is 0 Å². The molecular formula is C3H11NO3P+. The van der Waals surface area contributed by atoms with Crippen LogP contribution >= 0.6 is 8.09 Å². The van der Waals surface area contributed by atoms with E-state index in [-0.39, 0.29) is 6.10 Å². The predicted octanol–water partition coefficient (Wildman–Crippen LogP) is 0.0323. The van der Waals surface area contributed by atoms with Gasteiger partial charge in [0.05, 0.1) is 0 Å². The lowest BCUT2D eigenvalue weighted by Crippen LogP contribution is -2.11. The van der Waals surface area contributed by atoms with Crippen LogP contribution in [0, 0.1) is 0 Å². The molecule has 0 rings (SSSR count). The van der Waals surface area contributed by atoms with E-state index in [1.807, 2.05) is 0 Å². The molecule has 0 aromatic carbocycles. The third kappa shape index (κ3) is 6.27. The Morgan fingerprint density at radius 3 is 1.88 bits per heavy atom. The van der Waals surface area contributed by atoms with E-state index >= 15 is 0 Å². The average Bonchev–Trinajstić information content (AvgIpc) is 1.21. The van der Waals surface area contributed by atoms with Crippen molar-refractivity contribution in [1.29, 1.82) is 0 Å². The topological polar surface area (TPSA) is 75.7 Å². The normalized spacial score (nSPS) is 12.8. The van der Waals surface area contributed by atoms with E-state index in [1.54, 1.807) is 13.8 Å². The van der Waals surface area contributed by atoms with Gasteiger partial charge in [-0.2, -0.15) is 14.3 Å². The van der Waals surface area contributed by atoms with Crippen LogP contribution in [0.1, 0.15) is 13.8 Å². The van der Waals surface area contributed by atoms with Crippen molar-refractivity contribution in [1.82, 2.24) is 0 Å². The third-order valence-electron chi connectivity index (χ3n) is 0.366. The van der Waals surface area contributed by atoms with E-state index in [4.69, 9.17) is 15.3 Å². The number of hydrogen-bond acceptors (Lipinski definition) is 4. The van der Waals surface area contributed by atoms with Gasteiger partial charge in [-0.1, -0.05) is 0 Å². The first-order chi connectivity index (χ1) is 3.42. The molecule has 0 aliphatic carbocycles. The Morgan fingerprint density at radius 1 is 1.50 bits per heavy atom. The van der Waals surface area contributed by atoms with Crippen LogP contribution in [0.15, 0.2) is 0 Å². The minimum absolute atomic E-state index is 0.233. The van der Waals surface area contributed by atoms with Gasteiger partial charge in [-0.05, 0) is 13.8 Å². The second kappa shape index (κ2) is 2.71. The highest BCUT2D eigenvalue weighted by atomic mass is 31.2. The molecule has 0 aliphatic rings. The molecule has 0 heterocycles. The summed E-state index contributed by atoms with van der Waals surface area (Å²) < 4.78 is 4.44. The standard InChI is InChI=1S/C3H11NO3P/c1-3(2)7-8(4,5)6/h3,5-6H,4H2,1-2H3/q+1. The van der Waals surface area contributed by atoms with E-state index < -0.39 is 8.09 Å². The summed E-state index contributed by atoms with van der Waals surface area (Å²) in [7, 11) is -3.47. The molecule has 0 aromatic rings. The van der Waals surface area contributed by atoms with Crippen LogP contribution in [0.5, 0.6) is 0 Å². The molecule has 5 heteroatoms. The van der Waals surface area contributed by atoms with Gasteiger partial charge in [0.15, 0.2) is 0 Å². The molecule has 0 aromatic heterocycles. The fourth-order valence-electron chi connectivity index (χ4n) is 0.310. The van der Waals surface area contributed by atoms with E-state index in [9.17, 15) is 0 Å². The van der Waals surface area contributed by atoms with Gasteiger partial charge < -0.3 is 0 Å². The van der Waals surface area contributed by atoms with Gasteiger partial charge in [-0.3, -0.25) is 0 Å². The van der Waals surface area contributed by atoms with Crippen molar-refractivity contribution < 1.29 is 14.3 Å². The van der Waals surface area contributed by atoms with E-state index in [1.165, 1.54) is 0 Å². The smallest absolute Gasteiger partial charge is 0.178 e. The second-order valence-electron chi connectivity index (χ2n) is 1.74. The Bertz CT molecular complexity index is 69.4. The average molecular weight is 140 g/mol. The van der Waals surface area contributed by atoms with Crippen LogP contribution in [-0.2, 0) is 4.52 Å². The lowest BCUT2D eigenvalue weighted by atomic mass is 10.5. The fraction of sp³-hybridized carbons (Fsp3) is 1.00. The summed E-state index contributed by atoms with van der Waals surface area (Å²) in [6, 6.07) is 0. The first-order valence-corrected chi connectivity index (χ1v) is 3.91. The van der Waals surface area contributed by atoms with Gasteiger partial charge >= 0.3 is 8.09 Å². The minimum Gasteiger partial charge on any atom is -0.178 e. The monoisotopic (exact) mass is 140 g/mol. The first-order valence-electron chi connectivity index (χ1n) is 2.23. The Morgan fingerprint density at radius 2 is 1.88 bits per heavy atom. The first kappa shape index (κ1) is 8.27. The van der Waals surface area contributed by atoms with Crippen LogP contribution in [0.4, 0.5) is 0 Å². The molecule has 4 nitrogen and oxygen atoms in total. The molecule has 50 valence electrons. The number of rotatable bonds is 2. The Hall–Kier alpha value is 0.270. The Labute approximate surface area is 48.9 Å².